The van der Waals surface area contributed by atoms with Crippen molar-refractivity contribution in [1.29, 1.82) is 5.26 Å². The van der Waals surface area contributed by atoms with Crippen LogP contribution < -0.4 is 0 Å². The summed E-state index contributed by atoms with van der Waals surface area (Å²) in [6.07, 6.45) is 3.40. The summed E-state index contributed by atoms with van der Waals surface area (Å²) >= 11 is -1.22. The van der Waals surface area contributed by atoms with Crippen LogP contribution in [0, 0.1) is 17.2 Å². The first kappa shape index (κ1) is 10.8. The SMILES string of the molecule is CO[C@H]1CC[C@H](C#N)C[C@@H]1[Hg][Cl]. The third kappa shape index (κ3) is 2.58. The number of ether oxygens (including phenoxy) is 1. The number of halogens is 1. The van der Waals surface area contributed by atoms with Crippen LogP contribution in [0.3, 0.4) is 0 Å². The van der Waals surface area contributed by atoms with Crippen LogP contribution in [0.5, 0.6) is 0 Å². The Kier molecular flexibility index (Phi) is 4.85. The first-order valence-electron chi connectivity index (χ1n) is 4.30. The van der Waals surface area contributed by atoms with E-state index in [-0.39, 0.29) is 5.92 Å². The Morgan fingerprint density at radius 1 is 1.58 bits per heavy atom. The van der Waals surface area contributed by atoms with Gasteiger partial charge in [-0.25, -0.2) is 0 Å². The maximum absolute atomic E-state index is 8.75. The van der Waals surface area contributed by atoms with E-state index in [1.165, 1.54) is 0 Å². The fourth-order valence-electron chi connectivity index (χ4n) is 1.83. The first-order chi connectivity index (χ1) is 5.81. The predicted octanol–water partition coefficient (Wildman–Crippen LogP) is 2.35. The van der Waals surface area contributed by atoms with Crippen LogP contribution in [0.2, 0.25) is 3.43 Å². The molecule has 1 rings (SSSR count). The van der Waals surface area contributed by atoms with E-state index in [2.05, 4.69) is 6.07 Å². The molecule has 0 aromatic rings. The fourth-order valence-corrected chi connectivity index (χ4v) is 9.17. The van der Waals surface area contributed by atoms with Gasteiger partial charge >= 0.3 is 89.5 Å². The van der Waals surface area contributed by atoms with Crippen LogP contribution in [0.1, 0.15) is 19.3 Å². The van der Waals surface area contributed by atoms with Gasteiger partial charge in [0.25, 0.3) is 0 Å². The van der Waals surface area contributed by atoms with Crippen molar-refractivity contribution in [2.45, 2.75) is 28.8 Å². The molecular formula is C8H12ClHgNO. The molecule has 2 nitrogen and oxygen atoms in total. The van der Waals surface area contributed by atoms with Gasteiger partial charge in [0, 0.05) is 0 Å². The van der Waals surface area contributed by atoms with Gasteiger partial charge in [-0.3, -0.25) is 0 Å². The summed E-state index contributed by atoms with van der Waals surface area (Å²) in [7, 11) is 7.76. The number of hydrogen-bond acceptors (Lipinski definition) is 2. The number of rotatable bonds is 2. The molecule has 64 valence electrons. The molecule has 4 heteroatoms. The zero-order valence-electron chi connectivity index (χ0n) is 7.29. The van der Waals surface area contributed by atoms with Crippen molar-refractivity contribution in [1.82, 2.24) is 0 Å². The third-order valence-corrected chi connectivity index (χ3v) is 11.0. The molecule has 0 radical (unpaired) electrons. The molecule has 12 heavy (non-hydrogen) atoms. The van der Waals surface area contributed by atoms with E-state index in [0.29, 0.717) is 9.53 Å². The molecule has 0 aromatic heterocycles. The van der Waals surface area contributed by atoms with E-state index >= 15 is 0 Å². The molecule has 0 spiro atoms. The summed E-state index contributed by atoms with van der Waals surface area (Å²) in [5, 5.41) is 8.75. The van der Waals surface area contributed by atoms with Gasteiger partial charge in [-0.15, -0.1) is 0 Å². The van der Waals surface area contributed by atoms with Crippen molar-refractivity contribution in [3.05, 3.63) is 0 Å². The first-order valence-corrected chi connectivity index (χ1v) is 14.2. The molecular weight excluding hydrogens is 362 g/mol. The van der Waals surface area contributed by atoms with Crippen molar-refractivity contribution < 1.29 is 28.1 Å². The van der Waals surface area contributed by atoms with Gasteiger partial charge in [0.2, 0.25) is 0 Å². The normalized spacial score (nSPS) is 35.2. The van der Waals surface area contributed by atoms with E-state index in [9.17, 15) is 0 Å². The Morgan fingerprint density at radius 2 is 2.33 bits per heavy atom. The van der Waals surface area contributed by atoms with Crippen molar-refractivity contribution in [2.24, 2.45) is 5.92 Å². The van der Waals surface area contributed by atoms with E-state index in [1.54, 1.807) is 7.11 Å². The molecule has 0 unspecified atom stereocenters. The molecule has 1 aliphatic carbocycles. The Labute approximate surface area is 89.1 Å². The van der Waals surface area contributed by atoms with Gasteiger partial charge in [0.15, 0.2) is 0 Å². The number of nitriles is 1. The molecule has 0 N–H and O–H groups in total. The van der Waals surface area contributed by atoms with Crippen LogP contribution in [0.15, 0.2) is 0 Å². The summed E-state index contributed by atoms with van der Waals surface area (Å²) in [5.41, 5.74) is 0. The molecule has 0 aromatic carbocycles. The molecule has 0 aliphatic heterocycles. The minimum absolute atomic E-state index is 0.250. The Morgan fingerprint density at radius 3 is 2.83 bits per heavy atom. The van der Waals surface area contributed by atoms with Crippen LogP contribution in [0.25, 0.3) is 0 Å². The van der Waals surface area contributed by atoms with E-state index in [0.717, 1.165) is 19.3 Å². The minimum atomic E-state index is -1.22. The Balaban J connectivity index is 2.48. The Hall–Kier alpha value is 0.675. The summed E-state index contributed by atoms with van der Waals surface area (Å²) in [6.45, 7) is 0. The monoisotopic (exact) mass is 375 g/mol. The second-order valence-electron chi connectivity index (χ2n) is 3.33. The second-order valence-corrected chi connectivity index (χ2v) is 11.3. The zero-order valence-corrected chi connectivity index (χ0v) is 13.5. The average molecular weight is 374 g/mol. The summed E-state index contributed by atoms with van der Waals surface area (Å²) in [6, 6.07) is 2.33. The topological polar surface area (TPSA) is 33.0 Å². The Bertz CT molecular complexity index is 182. The summed E-state index contributed by atoms with van der Waals surface area (Å²) in [4.78, 5) is 0. The summed E-state index contributed by atoms with van der Waals surface area (Å²) in [5.74, 6) is 0.250. The molecule has 1 fully saturated rings. The third-order valence-electron chi connectivity index (χ3n) is 2.60. The summed E-state index contributed by atoms with van der Waals surface area (Å²) < 4.78 is 5.94. The molecule has 0 amide bonds. The quantitative estimate of drug-likeness (QED) is 0.696. The standard InChI is InChI=1S/C8H12NO.ClH.Hg/c1-10-8-4-2-7(6-9)3-5-8;;/h4,7-8H,2-3,5H2,1H3;1H;/q;;+1/p-1/t7-,8-;;/m1../s1. The van der Waals surface area contributed by atoms with Gasteiger partial charge in [0.1, 0.15) is 0 Å². The van der Waals surface area contributed by atoms with Crippen LogP contribution in [-0.4, -0.2) is 13.2 Å². The van der Waals surface area contributed by atoms with Gasteiger partial charge in [-0.1, -0.05) is 0 Å². The molecule has 0 bridgehead atoms. The van der Waals surface area contributed by atoms with Crippen LogP contribution in [-0.2, 0) is 28.1 Å². The molecule has 1 aliphatic rings. The van der Waals surface area contributed by atoms with Crippen LogP contribution in [0.4, 0.5) is 0 Å². The molecule has 0 heterocycles. The van der Waals surface area contributed by atoms with Crippen molar-refractivity contribution in [3.8, 4) is 6.07 Å². The van der Waals surface area contributed by atoms with Gasteiger partial charge in [-0.2, -0.15) is 0 Å². The fraction of sp³-hybridized carbons (Fsp3) is 0.875. The average Bonchev–Trinajstić information content (AvgIpc) is 2.16. The van der Waals surface area contributed by atoms with E-state index in [4.69, 9.17) is 18.2 Å². The molecule has 1 saturated carbocycles. The number of hydrogen-bond donors (Lipinski definition) is 0. The van der Waals surface area contributed by atoms with Crippen molar-refractivity contribution in [2.75, 3.05) is 7.11 Å². The van der Waals surface area contributed by atoms with Gasteiger partial charge in [-0.05, 0) is 0 Å². The zero-order chi connectivity index (χ0) is 8.97. The van der Waals surface area contributed by atoms with Crippen molar-refractivity contribution in [3.63, 3.8) is 0 Å². The molecule has 3 atom stereocenters. The van der Waals surface area contributed by atoms with Gasteiger partial charge in [0.05, 0.1) is 0 Å². The maximum atomic E-state index is 8.75. The van der Waals surface area contributed by atoms with Crippen LogP contribution >= 0.6 is 8.25 Å². The second kappa shape index (κ2) is 5.41. The predicted molar refractivity (Wildman–Crippen MR) is 43.4 cm³/mol. The van der Waals surface area contributed by atoms with E-state index < -0.39 is 23.3 Å². The molecule has 0 saturated heterocycles. The number of nitrogens with zero attached hydrogens (tertiary/aromatic N) is 1. The van der Waals surface area contributed by atoms with Crippen molar-refractivity contribution >= 4 is 8.25 Å². The van der Waals surface area contributed by atoms with Gasteiger partial charge < -0.3 is 0 Å². The van der Waals surface area contributed by atoms with E-state index in [1.807, 2.05) is 0 Å². The number of methoxy groups -OCH3 is 1.